The molecule has 3 aromatic carbocycles. The summed E-state index contributed by atoms with van der Waals surface area (Å²) in [5.41, 5.74) is 2.86. The average molecular weight is 566 g/mol. The number of ether oxygens (including phenoxy) is 2. The summed E-state index contributed by atoms with van der Waals surface area (Å²) >= 11 is 0. The van der Waals surface area contributed by atoms with Gasteiger partial charge in [0.05, 0.1) is 31.7 Å². The topological polar surface area (TPSA) is 62.3 Å². The maximum Gasteiger partial charge on any atom is 0.416 e. The molecule has 214 valence electrons. The minimum absolute atomic E-state index is 0.105. The zero-order valence-electron chi connectivity index (χ0n) is 22.8. The highest BCUT2D eigenvalue weighted by atomic mass is 19.4. The lowest BCUT2D eigenvalue weighted by atomic mass is 9.75. The van der Waals surface area contributed by atoms with E-state index in [4.69, 9.17) is 9.47 Å². The first-order valence-electron chi connectivity index (χ1n) is 13.6. The summed E-state index contributed by atoms with van der Waals surface area (Å²) in [7, 11) is 3.13. The van der Waals surface area contributed by atoms with Crippen LogP contribution in [-0.4, -0.2) is 68.6 Å². The highest BCUT2D eigenvalue weighted by molar-refractivity contribution is 6.01. The number of anilines is 1. The number of hydrogen-bond donors (Lipinski definition) is 0. The number of hydrogen-bond acceptors (Lipinski definition) is 5. The second-order valence-corrected chi connectivity index (χ2v) is 10.5. The van der Waals surface area contributed by atoms with Crippen LogP contribution < -0.4 is 14.4 Å². The largest absolute Gasteiger partial charge is 0.493 e. The van der Waals surface area contributed by atoms with Gasteiger partial charge in [0.1, 0.15) is 0 Å². The fourth-order valence-corrected chi connectivity index (χ4v) is 6.38. The van der Waals surface area contributed by atoms with E-state index in [1.807, 2.05) is 29.2 Å². The first kappa shape index (κ1) is 27.0. The molecule has 41 heavy (non-hydrogen) atoms. The number of benzene rings is 3. The van der Waals surface area contributed by atoms with Crippen molar-refractivity contribution in [3.8, 4) is 11.5 Å². The average Bonchev–Trinajstić information content (AvgIpc) is 3.00. The molecule has 10 heteroatoms. The van der Waals surface area contributed by atoms with Crippen molar-refractivity contribution in [3.05, 3.63) is 88.5 Å². The third-order valence-electron chi connectivity index (χ3n) is 8.42. The molecular weight excluding hydrogens is 535 g/mol. The standard InChI is InChI=1S/C31H30F3N3O4/c1-40-25-16-19-10-11-37-28(24(19)18-26(25)41-2)27(22-8-3-4-9-23(22)29(37)38)30(39)36-14-12-35(13-15-36)21-7-5-6-20(17-21)31(32,33)34/h3-9,16-18,27-28H,10-15H2,1-2H3/t27-,28+/m1/s1. The molecule has 3 aliphatic heterocycles. The van der Waals surface area contributed by atoms with Gasteiger partial charge in [-0.25, -0.2) is 0 Å². The molecule has 1 fully saturated rings. The molecule has 0 N–H and O–H groups in total. The SMILES string of the molecule is COc1cc2c(cc1OC)[C@H]1[C@H](C(=O)N3CCN(c4cccc(C(F)(F)F)c4)CC3)c3ccccc3C(=O)N1CC2. The molecule has 2 atom stereocenters. The Hall–Kier alpha value is -4.21. The summed E-state index contributed by atoms with van der Waals surface area (Å²) in [6.45, 7) is 1.97. The number of rotatable bonds is 4. The quantitative estimate of drug-likeness (QED) is 0.450. The minimum Gasteiger partial charge on any atom is -0.493 e. The van der Waals surface area contributed by atoms with Crippen LogP contribution in [-0.2, 0) is 17.4 Å². The Labute approximate surface area is 236 Å². The van der Waals surface area contributed by atoms with Crippen molar-refractivity contribution in [1.29, 1.82) is 0 Å². The van der Waals surface area contributed by atoms with Gasteiger partial charge < -0.3 is 24.2 Å². The molecule has 0 bridgehead atoms. The smallest absolute Gasteiger partial charge is 0.416 e. The molecule has 3 heterocycles. The maximum absolute atomic E-state index is 14.4. The summed E-state index contributed by atoms with van der Waals surface area (Å²) in [5, 5.41) is 0. The fraction of sp³-hybridized carbons (Fsp3) is 0.355. The second kappa shape index (κ2) is 10.3. The summed E-state index contributed by atoms with van der Waals surface area (Å²) in [4.78, 5) is 33.4. The van der Waals surface area contributed by atoms with Gasteiger partial charge in [-0.1, -0.05) is 24.3 Å². The first-order valence-corrected chi connectivity index (χ1v) is 13.6. The lowest BCUT2D eigenvalue weighted by Crippen LogP contribution is -2.54. The van der Waals surface area contributed by atoms with E-state index in [1.54, 1.807) is 42.2 Å². The number of carbonyl (C=O) groups excluding carboxylic acids is 2. The highest BCUT2D eigenvalue weighted by Crippen LogP contribution is 2.49. The number of nitrogens with zero attached hydrogens (tertiary/aromatic N) is 3. The summed E-state index contributed by atoms with van der Waals surface area (Å²) in [6, 6.07) is 15.8. The highest BCUT2D eigenvalue weighted by Gasteiger charge is 2.48. The lowest BCUT2D eigenvalue weighted by Gasteiger charge is -2.47. The zero-order chi connectivity index (χ0) is 28.9. The minimum atomic E-state index is -4.42. The molecule has 0 spiro atoms. The van der Waals surface area contributed by atoms with Crippen LogP contribution in [0.25, 0.3) is 0 Å². The molecule has 1 saturated heterocycles. The van der Waals surface area contributed by atoms with Crippen molar-refractivity contribution in [1.82, 2.24) is 9.80 Å². The van der Waals surface area contributed by atoms with E-state index in [0.29, 0.717) is 67.5 Å². The van der Waals surface area contributed by atoms with Gasteiger partial charge in [-0.05, 0) is 59.5 Å². The van der Waals surface area contributed by atoms with Gasteiger partial charge in [-0.15, -0.1) is 0 Å². The molecule has 0 saturated carbocycles. The second-order valence-electron chi connectivity index (χ2n) is 10.5. The van der Waals surface area contributed by atoms with Crippen molar-refractivity contribution in [3.63, 3.8) is 0 Å². The molecule has 0 aromatic heterocycles. The van der Waals surface area contributed by atoms with Crippen molar-refractivity contribution in [2.24, 2.45) is 0 Å². The molecule has 3 aromatic rings. The molecule has 0 unspecified atom stereocenters. The lowest BCUT2D eigenvalue weighted by molar-refractivity contribution is -0.137. The van der Waals surface area contributed by atoms with Crippen LogP contribution in [0.2, 0.25) is 0 Å². The summed E-state index contributed by atoms with van der Waals surface area (Å²) in [6.07, 6.45) is -3.80. The van der Waals surface area contributed by atoms with Gasteiger partial charge in [0.15, 0.2) is 11.5 Å². The fourth-order valence-electron chi connectivity index (χ4n) is 6.38. The predicted molar refractivity (Wildman–Crippen MR) is 146 cm³/mol. The Balaban J connectivity index is 1.33. The van der Waals surface area contributed by atoms with Crippen molar-refractivity contribution < 1.29 is 32.2 Å². The zero-order valence-corrected chi connectivity index (χ0v) is 22.8. The van der Waals surface area contributed by atoms with Crippen LogP contribution in [0.5, 0.6) is 11.5 Å². The predicted octanol–water partition coefficient (Wildman–Crippen LogP) is 4.91. The molecular formula is C31H30F3N3O4. The van der Waals surface area contributed by atoms with Gasteiger partial charge in [-0.2, -0.15) is 13.2 Å². The number of piperazine rings is 1. The van der Waals surface area contributed by atoms with E-state index in [2.05, 4.69) is 0 Å². The Morgan fingerprint density at radius 1 is 0.854 bits per heavy atom. The third-order valence-corrected chi connectivity index (χ3v) is 8.42. The van der Waals surface area contributed by atoms with Gasteiger partial charge in [0.25, 0.3) is 5.91 Å². The normalized spacial score (nSPS) is 20.2. The van der Waals surface area contributed by atoms with Crippen LogP contribution in [0, 0.1) is 0 Å². The van der Waals surface area contributed by atoms with Crippen LogP contribution in [0.1, 0.15) is 44.6 Å². The number of carbonyl (C=O) groups is 2. The first-order chi connectivity index (χ1) is 19.7. The maximum atomic E-state index is 14.4. The van der Waals surface area contributed by atoms with E-state index < -0.39 is 23.7 Å². The van der Waals surface area contributed by atoms with Gasteiger partial charge >= 0.3 is 6.18 Å². The van der Waals surface area contributed by atoms with Crippen molar-refractivity contribution in [2.45, 2.75) is 24.6 Å². The molecule has 2 amide bonds. The van der Waals surface area contributed by atoms with E-state index in [0.717, 1.165) is 23.3 Å². The van der Waals surface area contributed by atoms with Gasteiger partial charge in [0, 0.05) is 44.0 Å². The Morgan fingerprint density at radius 2 is 1.56 bits per heavy atom. The number of amides is 2. The van der Waals surface area contributed by atoms with Crippen LogP contribution in [0.15, 0.2) is 60.7 Å². The third kappa shape index (κ3) is 4.65. The summed E-state index contributed by atoms with van der Waals surface area (Å²) in [5.74, 6) is 0.271. The van der Waals surface area contributed by atoms with Crippen molar-refractivity contribution >= 4 is 17.5 Å². The molecule has 6 rings (SSSR count). The van der Waals surface area contributed by atoms with Gasteiger partial charge in [0.2, 0.25) is 5.91 Å². The Bertz CT molecular complexity index is 1500. The van der Waals surface area contributed by atoms with Gasteiger partial charge in [-0.3, -0.25) is 9.59 Å². The van der Waals surface area contributed by atoms with Crippen molar-refractivity contribution in [2.75, 3.05) is 51.8 Å². The van der Waals surface area contributed by atoms with E-state index in [1.165, 1.54) is 6.07 Å². The molecule has 0 aliphatic carbocycles. The number of methoxy groups -OCH3 is 2. The molecule has 7 nitrogen and oxygen atoms in total. The van der Waals surface area contributed by atoms with E-state index in [-0.39, 0.29) is 11.8 Å². The van der Waals surface area contributed by atoms with E-state index in [9.17, 15) is 22.8 Å². The Kier molecular flexibility index (Phi) is 6.79. The molecule has 3 aliphatic rings. The monoisotopic (exact) mass is 565 g/mol. The summed E-state index contributed by atoms with van der Waals surface area (Å²) < 4.78 is 50.9. The number of fused-ring (bicyclic) bond motifs is 4. The van der Waals surface area contributed by atoms with E-state index >= 15 is 0 Å². The Morgan fingerprint density at radius 3 is 2.27 bits per heavy atom. The number of halogens is 3. The van der Waals surface area contributed by atoms with Crippen LogP contribution >= 0.6 is 0 Å². The van der Waals surface area contributed by atoms with Crippen LogP contribution in [0.4, 0.5) is 18.9 Å². The molecule has 0 radical (unpaired) electrons. The van der Waals surface area contributed by atoms with Crippen LogP contribution in [0.3, 0.4) is 0 Å². The number of alkyl halides is 3.